The Bertz CT molecular complexity index is 512. The van der Waals surface area contributed by atoms with Gasteiger partial charge in [-0.25, -0.2) is 8.78 Å². The van der Waals surface area contributed by atoms with Gasteiger partial charge in [-0.15, -0.1) is 22.9 Å². The fourth-order valence-corrected chi connectivity index (χ4v) is 3.13. The third kappa shape index (κ3) is 2.44. The van der Waals surface area contributed by atoms with Gasteiger partial charge in [0, 0.05) is 16.5 Å². The summed E-state index contributed by atoms with van der Waals surface area (Å²) in [6.45, 7) is 0. The number of alkyl halides is 1. The molecule has 1 unspecified atom stereocenters. The Kier molecular flexibility index (Phi) is 3.62. The number of thiophene rings is 1. The molecule has 1 atom stereocenters. The molecule has 1 aromatic carbocycles. The Morgan fingerprint density at radius 3 is 2.50 bits per heavy atom. The first-order chi connectivity index (χ1) is 7.58. The highest BCUT2D eigenvalue weighted by molar-refractivity contribution is 9.11. The Labute approximate surface area is 109 Å². The van der Waals surface area contributed by atoms with Crippen molar-refractivity contribution in [3.8, 4) is 0 Å². The number of halogens is 4. The fourth-order valence-electron chi connectivity index (χ4n) is 1.32. The maximum absolute atomic E-state index is 13.5. The lowest BCUT2D eigenvalue weighted by Gasteiger charge is -2.08. The Morgan fingerprint density at radius 1 is 1.19 bits per heavy atom. The third-order valence-electron chi connectivity index (χ3n) is 2.08. The quantitative estimate of drug-likeness (QED) is 0.673. The van der Waals surface area contributed by atoms with Crippen LogP contribution in [0.3, 0.4) is 0 Å². The van der Waals surface area contributed by atoms with E-state index < -0.39 is 17.0 Å². The molecule has 0 bridgehead atoms. The molecule has 0 radical (unpaired) electrons. The second-order valence-electron chi connectivity index (χ2n) is 3.17. The van der Waals surface area contributed by atoms with Crippen LogP contribution in [0.1, 0.15) is 15.8 Å². The lowest BCUT2D eigenvalue weighted by molar-refractivity contribution is 0.574. The molecule has 0 aliphatic rings. The minimum atomic E-state index is -0.621. The molecule has 0 aliphatic heterocycles. The summed E-state index contributed by atoms with van der Waals surface area (Å²) in [5.41, 5.74) is 0.289. The van der Waals surface area contributed by atoms with Crippen LogP contribution in [0.5, 0.6) is 0 Å². The van der Waals surface area contributed by atoms with E-state index in [0.29, 0.717) is 0 Å². The van der Waals surface area contributed by atoms with E-state index in [9.17, 15) is 8.78 Å². The first kappa shape index (κ1) is 12.0. The second-order valence-corrected chi connectivity index (χ2v) is 6.10. The van der Waals surface area contributed by atoms with Crippen molar-refractivity contribution < 1.29 is 8.78 Å². The molecule has 0 nitrogen and oxygen atoms in total. The lowest BCUT2D eigenvalue weighted by Crippen LogP contribution is -1.95. The number of hydrogen-bond acceptors (Lipinski definition) is 1. The molecule has 0 aliphatic carbocycles. The predicted molar refractivity (Wildman–Crippen MR) is 66.1 cm³/mol. The van der Waals surface area contributed by atoms with Crippen molar-refractivity contribution in [1.29, 1.82) is 0 Å². The summed E-state index contributed by atoms with van der Waals surface area (Å²) in [7, 11) is 0. The van der Waals surface area contributed by atoms with Crippen molar-refractivity contribution in [1.82, 2.24) is 0 Å². The minimum Gasteiger partial charge on any atom is -0.207 e. The average Bonchev–Trinajstić information content (AvgIpc) is 2.64. The summed E-state index contributed by atoms with van der Waals surface area (Å²) in [5, 5.41) is -0.586. The monoisotopic (exact) mass is 322 g/mol. The van der Waals surface area contributed by atoms with Crippen molar-refractivity contribution in [2.45, 2.75) is 5.38 Å². The zero-order valence-electron chi connectivity index (χ0n) is 7.88. The number of benzene rings is 1. The molecule has 0 amide bonds. The zero-order valence-corrected chi connectivity index (χ0v) is 11.0. The van der Waals surface area contributed by atoms with Gasteiger partial charge in [-0.3, -0.25) is 0 Å². The van der Waals surface area contributed by atoms with E-state index in [0.717, 1.165) is 14.7 Å². The normalized spacial score (nSPS) is 12.8. The van der Waals surface area contributed by atoms with E-state index in [4.69, 9.17) is 11.6 Å². The van der Waals surface area contributed by atoms with Gasteiger partial charge in [0.25, 0.3) is 0 Å². The maximum atomic E-state index is 13.5. The molecule has 2 rings (SSSR count). The summed E-state index contributed by atoms with van der Waals surface area (Å²) < 4.78 is 27.1. The summed E-state index contributed by atoms with van der Waals surface area (Å²) in [6, 6.07) is 7.08. The molecule has 5 heteroatoms. The molecule has 1 heterocycles. The van der Waals surface area contributed by atoms with Crippen molar-refractivity contribution in [2.75, 3.05) is 0 Å². The fraction of sp³-hybridized carbons (Fsp3) is 0.0909. The zero-order chi connectivity index (χ0) is 11.7. The summed E-state index contributed by atoms with van der Waals surface area (Å²) in [5.74, 6) is -1.22. The van der Waals surface area contributed by atoms with Crippen LogP contribution < -0.4 is 0 Å². The highest BCUT2D eigenvalue weighted by Crippen LogP contribution is 2.36. The van der Waals surface area contributed by atoms with Crippen molar-refractivity contribution in [2.24, 2.45) is 0 Å². The third-order valence-corrected chi connectivity index (χ3v) is 4.37. The maximum Gasteiger partial charge on any atom is 0.131 e. The molecule has 1 aromatic heterocycles. The molecule has 0 saturated heterocycles. The Hall–Kier alpha value is -0.450. The van der Waals surface area contributed by atoms with Crippen LogP contribution in [0.15, 0.2) is 34.1 Å². The van der Waals surface area contributed by atoms with Gasteiger partial charge in [0.1, 0.15) is 11.6 Å². The minimum absolute atomic E-state index is 0.289. The average molecular weight is 324 g/mol. The van der Waals surface area contributed by atoms with Crippen molar-refractivity contribution >= 4 is 38.9 Å². The highest BCUT2D eigenvalue weighted by atomic mass is 79.9. The second kappa shape index (κ2) is 4.82. The van der Waals surface area contributed by atoms with Crippen LogP contribution in [-0.4, -0.2) is 0 Å². The van der Waals surface area contributed by atoms with Gasteiger partial charge < -0.3 is 0 Å². The van der Waals surface area contributed by atoms with Crippen molar-refractivity contribution in [3.05, 3.63) is 56.2 Å². The van der Waals surface area contributed by atoms with Gasteiger partial charge >= 0.3 is 0 Å². The topological polar surface area (TPSA) is 0 Å². The van der Waals surface area contributed by atoms with Gasteiger partial charge in [-0.05, 0) is 34.1 Å². The molecule has 16 heavy (non-hydrogen) atoms. The van der Waals surface area contributed by atoms with Crippen molar-refractivity contribution in [3.63, 3.8) is 0 Å². The first-order valence-corrected chi connectivity index (χ1v) is 6.47. The molecule has 0 saturated carbocycles. The highest BCUT2D eigenvalue weighted by Gasteiger charge is 2.17. The SMILES string of the molecule is Fc1ccc(C(Cl)c2ccc(Br)s2)c(F)c1. The van der Waals surface area contributed by atoms with E-state index in [2.05, 4.69) is 15.9 Å². The van der Waals surface area contributed by atoms with E-state index in [-0.39, 0.29) is 5.56 Å². The standard InChI is InChI=1S/C11H6BrClF2S/c12-10-4-3-9(16-10)11(13)7-2-1-6(14)5-8(7)15/h1-5,11H. The van der Waals surface area contributed by atoms with Crippen LogP contribution >= 0.6 is 38.9 Å². The van der Waals surface area contributed by atoms with E-state index in [1.54, 1.807) is 0 Å². The van der Waals surface area contributed by atoms with E-state index >= 15 is 0 Å². The molecular formula is C11H6BrClF2S. The number of rotatable bonds is 2. The van der Waals surface area contributed by atoms with Gasteiger partial charge in [-0.2, -0.15) is 0 Å². The molecule has 0 spiro atoms. The number of hydrogen-bond donors (Lipinski definition) is 0. The van der Waals surface area contributed by atoms with Gasteiger partial charge in [0.2, 0.25) is 0 Å². The Balaban J connectivity index is 2.37. The Morgan fingerprint density at radius 2 is 1.94 bits per heavy atom. The van der Waals surface area contributed by atoms with Crippen LogP contribution in [0.2, 0.25) is 0 Å². The van der Waals surface area contributed by atoms with Crippen LogP contribution in [-0.2, 0) is 0 Å². The van der Waals surface area contributed by atoms with Crippen LogP contribution in [0.4, 0.5) is 8.78 Å². The van der Waals surface area contributed by atoms with Gasteiger partial charge in [0.05, 0.1) is 9.16 Å². The summed E-state index contributed by atoms with van der Waals surface area (Å²) >= 11 is 10.9. The molecule has 84 valence electrons. The van der Waals surface area contributed by atoms with Crippen LogP contribution in [0, 0.1) is 11.6 Å². The van der Waals surface area contributed by atoms with Gasteiger partial charge in [0.15, 0.2) is 0 Å². The smallest absolute Gasteiger partial charge is 0.131 e. The molecular weight excluding hydrogens is 318 g/mol. The molecule has 0 N–H and O–H groups in total. The van der Waals surface area contributed by atoms with E-state index in [1.165, 1.54) is 23.5 Å². The largest absolute Gasteiger partial charge is 0.207 e. The van der Waals surface area contributed by atoms with Crippen LogP contribution in [0.25, 0.3) is 0 Å². The lowest BCUT2D eigenvalue weighted by atomic mass is 10.1. The summed E-state index contributed by atoms with van der Waals surface area (Å²) in [4.78, 5) is 0.819. The van der Waals surface area contributed by atoms with E-state index in [1.807, 2.05) is 12.1 Å². The predicted octanol–water partition coefficient (Wildman–Crippen LogP) is 5.12. The molecule has 2 aromatic rings. The summed E-state index contributed by atoms with van der Waals surface area (Å²) in [6.07, 6.45) is 0. The first-order valence-electron chi connectivity index (χ1n) is 4.42. The van der Waals surface area contributed by atoms with Gasteiger partial charge in [-0.1, -0.05) is 6.07 Å². The molecule has 0 fully saturated rings.